The lowest BCUT2D eigenvalue weighted by Gasteiger charge is -2.31. The van der Waals surface area contributed by atoms with E-state index in [9.17, 15) is 13.6 Å². The van der Waals surface area contributed by atoms with Crippen molar-refractivity contribution in [3.8, 4) is 5.82 Å². The number of fused-ring (bicyclic) bond motifs is 1. The van der Waals surface area contributed by atoms with E-state index in [2.05, 4.69) is 20.5 Å². The molecule has 3 aromatic rings. The zero-order valence-electron chi connectivity index (χ0n) is 21.7. The van der Waals surface area contributed by atoms with Gasteiger partial charge in [0.15, 0.2) is 5.82 Å². The molecule has 204 valence electrons. The van der Waals surface area contributed by atoms with Gasteiger partial charge in [0.05, 0.1) is 30.8 Å². The van der Waals surface area contributed by atoms with Crippen molar-refractivity contribution in [1.82, 2.24) is 29.7 Å². The number of para-hydroxylation sites is 2. The van der Waals surface area contributed by atoms with Gasteiger partial charge in [-0.15, -0.1) is 0 Å². The topological polar surface area (TPSA) is 100 Å². The van der Waals surface area contributed by atoms with Gasteiger partial charge in [-0.1, -0.05) is 12.1 Å². The summed E-state index contributed by atoms with van der Waals surface area (Å²) in [6.07, 6.45) is 0.592. The van der Waals surface area contributed by atoms with Crippen LogP contribution in [0.25, 0.3) is 16.9 Å². The highest BCUT2D eigenvalue weighted by molar-refractivity contribution is 5.79. The van der Waals surface area contributed by atoms with E-state index in [0.29, 0.717) is 61.5 Å². The maximum atomic E-state index is 14.1. The number of carbonyl (C=O) groups excluding carboxylic acids is 1. The van der Waals surface area contributed by atoms with Gasteiger partial charge in [-0.25, -0.2) is 13.8 Å². The van der Waals surface area contributed by atoms with Crippen LogP contribution in [0.5, 0.6) is 0 Å². The van der Waals surface area contributed by atoms with Crippen molar-refractivity contribution in [1.29, 1.82) is 0 Å². The number of hydrogen-bond acceptors (Lipinski definition) is 8. The molecule has 0 atom stereocenters. The van der Waals surface area contributed by atoms with Gasteiger partial charge < -0.3 is 25.2 Å². The van der Waals surface area contributed by atoms with Crippen molar-refractivity contribution in [2.75, 3.05) is 57.2 Å². The fraction of sp³-hybridized carbons (Fsp3) is 0.538. The molecule has 0 unspecified atom stereocenters. The number of amides is 1. The van der Waals surface area contributed by atoms with Crippen molar-refractivity contribution < 1.29 is 18.3 Å². The van der Waals surface area contributed by atoms with Crippen LogP contribution >= 0.6 is 0 Å². The lowest BCUT2D eigenvalue weighted by Crippen LogP contribution is -2.43. The molecule has 2 aromatic heterocycles. The minimum Gasteiger partial charge on any atom is -0.378 e. The molecule has 1 aliphatic carbocycles. The normalized spacial score (nSPS) is 20.3. The maximum absolute atomic E-state index is 14.1. The lowest BCUT2D eigenvalue weighted by atomic mass is 9.91. The molecule has 38 heavy (non-hydrogen) atoms. The second-order valence-electron chi connectivity index (χ2n) is 10.1. The number of anilines is 2. The smallest absolute Gasteiger partial charge is 0.296 e. The van der Waals surface area contributed by atoms with Gasteiger partial charge in [-0.2, -0.15) is 9.97 Å². The first-order valence-electron chi connectivity index (χ1n) is 13.1. The van der Waals surface area contributed by atoms with Gasteiger partial charge in [0, 0.05) is 31.2 Å². The number of morpholine rings is 1. The van der Waals surface area contributed by atoms with Crippen LogP contribution in [-0.2, 0) is 9.53 Å². The summed E-state index contributed by atoms with van der Waals surface area (Å²) >= 11 is 0. The predicted octanol–water partition coefficient (Wildman–Crippen LogP) is 2.99. The predicted molar refractivity (Wildman–Crippen MR) is 141 cm³/mol. The van der Waals surface area contributed by atoms with Crippen LogP contribution in [0, 0.1) is 0 Å². The summed E-state index contributed by atoms with van der Waals surface area (Å²) in [5.74, 6) is 1.07. The molecule has 3 heterocycles. The Labute approximate surface area is 220 Å². The summed E-state index contributed by atoms with van der Waals surface area (Å²) in [6.45, 7) is 2.82. The number of alkyl halides is 2. The van der Waals surface area contributed by atoms with Crippen molar-refractivity contribution in [3.05, 3.63) is 36.2 Å². The highest BCUT2D eigenvalue weighted by Crippen LogP contribution is 2.30. The van der Waals surface area contributed by atoms with E-state index in [1.54, 1.807) is 30.3 Å². The van der Waals surface area contributed by atoms with E-state index < -0.39 is 6.43 Å². The zero-order chi connectivity index (χ0) is 26.6. The minimum absolute atomic E-state index is 0.0278. The third kappa shape index (κ3) is 6.02. The van der Waals surface area contributed by atoms with Crippen LogP contribution < -0.4 is 15.5 Å². The molecule has 1 aromatic carbocycles. The Morgan fingerprint density at radius 3 is 2.45 bits per heavy atom. The summed E-state index contributed by atoms with van der Waals surface area (Å²) < 4.78 is 35.1. The monoisotopic (exact) mass is 528 g/mol. The molecule has 1 amide bonds. The lowest BCUT2D eigenvalue weighted by molar-refractivity contribution is -0.122. The van der Waals surface area contributed by atoms with E-state index in [1.807, 2.05) is 19.0 Å². The molecule has 0 spiro atoms. The fourth-order valence-electron chi connectivity index (χ4n) is 5.11. The number of imidazole rings is 1. The van der Waals surface area contributed by atoms with E-state index >= 15 is 0 Å². The number of nitrogens with one attached hydrogen (secondary N) is 2. The largest absolute Gasteiger partial charge is 0.378 e. The van der Waals surface area contributed by atoms with Crippen LogP contribution in [0.4, 0.5) is 20.5 Å². The molecule has 2 N–H and O–H groups in total. The summed E-state index contributed by atoms with van der Waals surface area (Å²) in [4.78, 5) is 29.7. The molecular formula is C26H34F2N8O2. The number of likely N-dealkylation sites (N-methyl/N-ethyl adjacent to an activating group) is 1. The Morgan fingerprint density at radius 1 is 1.05 bits per heavy atom. The summed E-state index contributed by atoms with van der Waals surface area (Å²) in [5.41, 5.74) is 1.05. The number of hydrogen-bond donors (Lipinski definition) is 2. The Hall–Kier alpha value is -3.38. The zero-order valence-corrected chi connectivity index (χ0v) is 21.7. The van der Waals surface area contributed by atoms with E-state index in [4.69, 9.17) is 14.7 Å². The van der Waals surface area contributed by atoms with E-state index in [1.165, 1.54) is 4.57 Å². The molecule has 5 rings (SSSR count). The van der Waals surface area contributed by atoms with Gasteiger partial charge >= 0.3 is 0 Å². The molecule has 1 saturated heterocycles. The highest BCUT2D eigenvalue weighted by Gasteiger charge is 2.26. The van der Waals surface area contributed by atoms with Gasteiger partial charge in [0.2, 0.25) is 11.9 Å². The first-order chi connectivity index (χ1) is 18.4. The van der Waals surface area contributed by atoms with Gasteiger partial charge in [0.1, 0.15) is 11.6 Å². The van der Waals surface area contributed by atoms with E-state index in [0.717, 1.165) is 25.7 Å². The number of nitrogens with zero attached hydrogens (tertiary/aromatic N) is 6. The number of ether oxygens (including phenoxy) is 1. The van der Waals surface area contributed by atoms with Crippen molar-refractivity contribution in [2.24, 2.45) is 0 Å². The highest BCUT2D eigenvalue weighted by atomic mass is 19.3. The van der Waals surface area contributed by atoms with Crippen LogP contribution in [0.3, 0.4) is 0 Å². The first-order valence-corrected chi connectivity index (χ1v) is 13.1. The summed E-state index contributed by atoms with van der Waals surface area (Å²) in [5, 5.41) is 6.55. The molecule has 2 fully saturated rings. The Balaban J connectivity index is 1.40. The standard InChI is InChI=1S/C26H34F2N8O2/c1-34(2)16-23(37)29-17-7-9-18(10-8-17)30-26-32-21(35-11-13-38-14-12-35)15-22(33-26)36-20-6-4-3-5-19(20)31-25(36)24(27)28/h3-6,15,17-18,24H,7-14,16H2,1-2H3,(H,29,37)(H,30,32,33). The summed E-state index contributed by atoms with van der Waals surface area (Å²) in [6, 6.07) is 9.06. The third-order valence-electron chi connectivity index (χ3n) is 6.93. The minimum atomic E-state index is -2.77. The molecule has 1 saturated carbocycles. The first kappa shape index (κ1) is 26.2. The second kappa shape index (κ2) is 11.6. The van der Waals surface area contributed by atoms with Crippen molar-refractivity contribution >= 4 is 28.7 Å². The Kier molecular flexibility index (Phi) is 7.98. The Morgan fingerprint density at radius 2 is 1.74 bits per heavy atom. The van der Waals surface area contributed by atoms with Gasteiger partial charge in [0.25, 0.3) is 6.43 Å². The second-order valence-corrected chi connectivity index (χ2v) is 10.1. The molecular weight excluding hydrogens is 494 g/mol. The van der Waals surface area contributed by atoms with Crippen LogP contribution in [0.1, 0.15) is 37.9 Å². The van der Waals surface area contributed by atoms with Crippen LogP contribution in [0.15, 0.2) is 30.3 Å². The van der Waals surface area contributed by atoms with Gasteiger partial charge in [-0.05, 0) is 51.9 Å². The molecule has 10 nitrogen and oxygen atoms in total. The SMILES string of the molecule is CN(C)CC(=O)NC1CCC(Nc2nc(N3CCOCC3)cc(-n3c(C(F)F)nc4ccccc43)n2)CC1. The van der Waals surface area contributed by atoms with Gasteiger partial charge in [-0.3, -0.25) is 9.36 Å². The van der Waals surface area contributed by atoms with Crippen LogP contribution in [-0.4, -0.2) is 89.4 Å². The summed E-state index contributed by atoms with van der Waals surface area (Å²) in [7, 11) is 3.74. The Bertz CT molecular complexity index is 1250. The molecule has 1 aliphatic heterocycles. The van der Waals surface area contributed by atoms with E-state index in [-0.39, 0.29) is 23.8 Å². The molecule has 0 bridgehead atoms. The van der Waals surface area contributed by atoms with Crippen molar-refractivity contribution in [2.45, 2.75) is 44.2 Å². The quantitative estimate of drug-likeness (QED) is 0.460. The molecule has 0 radical (unpaired) electrons. The molecule has 2 aliphatic rings. The third-order valence-corrected chi connectivity index (χ3v) is 6.93. The average Bonchev–Trinajstić information content (AvgIpc) is 3.30. The number of benzene rings is 1. The van der Waals surface area contributed by atoms with Crippen molar-refractivity contribution in [3.63, 3.8) is 0 Å². The molecule has 12 heteroatoms. The number of halogens is 2. The average molecular weight is 529 g/mol. The number of rotatable bonds is 8. The maximum Gasteiger partial charge on any atom is 0.296 e. The number of aromatic nitrogens is 4. The van der Waals surface area contributed by atoms with Crippen LogP contribution in [0.2, 0.25) is 0 Å². The fourth-order valence-corrected chi connectivity index (χ4v) is 5.11. The number of carbonyl (C=O) groups is 1.